The minimum atomic E-state index is -0.0348. The van der Waals surface area contributed by atoms with Crippen LogP contribution in [0.4, 0.5) is 5.69 Å². The van der Waals surface area contributed by atoms with Crippen molar-refractivity contribution >= 4 is 17.3 Å². The molecule has 0 amide bonds. The van der Waals surface area contributed by atoms with E-state index in [0.717, 1.165) is 11.3 Å². The van der Waals surface area contributed by atoms with Crippen LogP contribution in [0.1, 0.15) is 19.4 Å². The summed E-state index contributed by atoms with van der Waals surface area (Å²) in [5.74, 6) is 0.585. The van der Waals surface area contributed by atoms with E-state index < -0.39 is 0 Å². The first kappa shape index (κ1) is 9.40. The van der Waals surface area contributed by atoms with E-state index in [2.05, 4.69) is 13.8 Å². The maximum atomic E-state index is 5.84. The van der Waals surface area contributed by atoms with Crippen molar-refractivity contribution < 1.29 is 0 Å². The number of hydrogen-bond acceptors (Lipinski definition) is 1. The van der Waals surface area contributed by atoms with Gasteiger partial charge in [0.15, 0.2) is 0 Å². The Balaban J connectivity index is 3.10. The summed E-state index contributed by atoms with van der Waals surface area (Å²) in [6.45, 7) is 4.18. The van der Waals surface area contributed by atoms with Crippen molar-refractivity contribution in [1.29, 1.82) is 0 Å². The molecule has 2 heteroatoms. The first-order valence-corrected chi connectivity index (χ1v) is 4.52. The molecular formula is C10H14ClN. The van der Waals surface area contributed by atoms with Crippen molar-refractivity contribution in [2.45, 2.75) is 19.3 Å². The highest BCUT2D eigenvalue weighted by molar-refractivity contribution is 6.18. The Labute approximate surface area is 78.5 Å². The molecule has 0 spiro atoms. The lowest BCUT2D eigenvalue weighted by Crippen LogP contribution is -2.20. The number of nitrogen functional groups attached to an aromatic ring is 1. The standard InChI is InChI=1S/C10H14ClN/c1-10(2,7-11)8-5-3-4-6-9(8)12/h3-6H,7,12H2,1-2H3. The Kier molecular flexibility index (Phi) is 2.63. The van der Waals surface area contributed by atoms with Crippen molar-refractivity contribution in [1.82, 2.24) is 0 Å². The van der Waals surface area contributed by atoms with Gasteiger partial charge >= 0.3 is 0 Å². The minimum Gasteiger partial charge on any atom is -0.398 e. The van der Waals surface area contributed by atoms with Gasteiger partial charge in [-0.3, -0.25) is 0 Å². The molecule has 1 rings (SSSR count). The summed E-state index contributed by atoms with van der Waals surface area (Å²) in [6.07, 6.45) is 0. The van der Waals surface area contributed by atoms with Crippen LogP contribution in [0.5, 0.6) is 0 Å². The number of hydrogen-bond donors (Lipinski definition) is 1. The average Bonchev–Trinajstić information content (AvgIpc) is 2.05. The third kappa shape index (κ3) is 1.72. The Morgan fingerprint density at radius 3 is 2.42 bits per heavy atom. The van der Waals surface area contributed by atoms with Crippen molar-refractivity contribution in [2.75, 3.05) is 11.6 Å². The van der Waals surface area contributed by atoms with Crippen molar-refractivity contribution in [2.24, 2.45) is 0 Å². The highest BCUT2D eigenvalue weighted by Gasteiger charge is 2.20. The molecule has 0 fully saturated rings. The van der Waals surface area contributed by atoms with Gasteiger partial charge in [0.25, 0.3) is 0 Å². The highest BCUT2D eigenvalue weighted by atomic mass is 35.5. The van der Waals surface area contributed by atoms with Gasteiger partial charge in [-0.15, -0.1) is 11.6 Å². The monoisotopic (exact) mass is 183 g/mol. The summed E-state index contributed by atoms with van der Waals surface area (Å²) < 4.78 is 0. The van der Waals surface area contributed by atoms with E-state index in [0.29, 0.717) is 5.88 Å². The average molecular weight is 184 g/mol. The molecule has 66 valence electrons. The van der Waals surface area contributed by atoms with Gasteiger partial charge in [-0.05, 0) is 11.6 Å². The lowest BCUT2D eigenvalue weighted by Gasteiger charge is -2.23. The smallest absolute Gasteiger partial charge is 0.0352 e. The molecule has 0 radical (unpaired) electrons. The topological polar surface area (TPSA) is 26.0 Å². The van der Waals surface area contributed by atoms with Crippen LogP contribution in [0, 0.1) is 0 Å². The van der Waals surface area contributed by atoms with Gasteiger partial charge < -0.3 is 5.73 Å². The molecule has 1 aromatic rings. The van der Waals surface area contributed by atoms with E-state index in [4.69, 9.17) is 17.3 Å². The number of anilines is 1. The van der Waals surface area contributed by atoms with E-state index in [1.54, 1.807) is 0 Å². The van der Waals surface area contributed by atoms with Crippen LogP contribution in [-0.2, 0) is 5.41 Å². The molecule has 0 aromatic heterocycles. The van der Waals surface area contributed by atoms with Crippen LogP contribution >= 0.6 is 11.6 Å². The molecule has 0 heterocycles. The van der Waals surface area contributed by atoms with E-state index in [-0.39, 0.29) is 5.41 Å². The lowest BCUT2D eigenvalue weighted by atomic mass is 9.86. The van der Waals surface area contributed by atoms with Crippen molar-refractivity contribution in [3.63, 3.8) is 0 Å². The molecule has 0 bridgehead atoms. The quantitative estimate of drug-likeness (QED) is 0.554. The Morgan fingerprint density at radius 2 is 1.92 bits per heavy atom. The molecule has 1 nitrogen and oxygen atoms in total. The van der Waals surface area contributed by atoms with Gasteiger partial charge in [-0.2, -0.15) is 0 Å². The second-order valence-corrected chi connectivity index (χ2v) is 3.87. The highest BCUT2D eigenvalue weighted by Crippen LogP contribution is 2.28. The molecule has 0 atom stereocenters. The Bertz CT molecular complexity index is 268. The van der Waals surface area contributed by atoms with Crippen LogP contribution in [0.15, 0.2) is 24.3 Å². The van der Waals surface area contributed by atoms with Gasteiger partial charge in [0.05, 0.1) is 0 Å². The van der Waals surface area contributed by atoms with Gasteiger partial charge in [0.1, 0.15) is 0 Å². The predicted molar refractivity (Wildman–Crippen MR) is 54.6 cm³/mol. The number of nitrogens with two attached hydrogens (primary N) is 1. The number of alkyl halides is 1. The molecule has 0 unspecified atom stereocenters. The second-order valence-electron chi connectivity index (χ2n) is 3.60. The van der Waals surface area contributed by atoms with Crippen LogP contribution in [0.2, 0.25) is 0 Å². The van der Waals surface area contributed by atoms with Crippen LogP contribution in [0.25, 0.3) is 0 Å². The molecule has 0 saturated heterocycles. The normalized spacial score (nSPS) is 11.6. The fourth-order valence-corrected chi connectivity index (χ4v) is 1.33. The maximum Gasteiger partial charge on any atom is 0.0352 e. The first-order chi connectivity index (χ1) is 5.58. The van der Waals surface area contributed by atoms with Crippen molar-refractivity contribution in [3.05, 3.63) is 29.8 Å². The van der Waals surface area contributed by atoms with E-state index in [9.17, 15) is 0 Å². The third-order valence-electron chi connectivity index (χ3n) is 2.02. The summed E-state index contributed by atoms with van der Waals surface area (Å²) in [5.41, 5.74) is 7.74. The van der Waals surface area contributed by atoms with Crippen molar-refractivity contribution in [3.8, 4) is 0 Å². The summed E-state index contributed by atoms with van der Waals surface area (Å²) in [4.78, 5) is 0. The van der Waals surface area contributed by atoms with Gasteiger partial charge in [-0.1, -0.05) is 32.0 Å². The number of benzene rings is 1. The molecule has 0 aliphatic carbocycles. The fraction of sp³-hybridized carbons (Fsp3) is 0.400. The van der Waals surface area contributed by atoms with E-state index in [1.807, 2.05) is 24.3 Å². The lowest BCUT2D eigenvalue weighted by molar-refractivity contribution is 0.600. The third-order valence-corrected chi connectivity index (χ3v) is 2.69. The molecule has 2 N–H and O–H groups in total. The predicted octanol–water partition coefficient (Wildman–Crippen LogP) is 2.79. The van der Waals surface area contributed by atoms with E-state index >= 15 is 0 Å². The fourth-order valence-electron chi connectivity index (χ4n) is 1.19. The molecular weight excluding hydrogens is 170 g/mol. The molecule has 12 heavy (non-hydrogen) atoms. The van der Waals surface area contributed by atoms with Gasteiger partial charge in [-0.25, -0.2) is 0 Å². The number of para-hydroxylation sites is 1. The largest absolute Gasteiger partial charge is 0.398 e. The van der Waals surface area contributed by atoms with Gasteiger partial charge in [0, 0.05) is 17.0 Å². The Hall–Kier alpha value is -0.690. The molecule has 0 aliphatic heterocycles. The van der Waals surface area contributed by atoms with E-state index in [1.165, 1.54) is 0 Å². The molecule has 0 saturated carbocycles. The SMILES string of the molecule is CC(C)(CCl)c1ccccc1N. The number of halogens is 1. The van der Waals surface area contributed by atoms with Crippen LogP contribution < -0.4 is 5.73 Å². The summed E-state index contributed by atoms with van der Waals surface area (Å²) in [7, 11) is 0. The summed E-state index contributed by atoms with van der Waals surface area (Å²) in [6, 6.07) is 7.85. The van der Waals surface area contributed by atoms with Crippen LogP contribution in [-0.4, -0.2) is 5.88 Å². The first-order valence-electron chi connectivity index (χ1n) is 3.99. The zero-order valence-corrected chi connectivity index (χ0v) is 8.23. The second kappa shape index (κ2) is 3.36. The van der Waals surface area contributed by atoms with Crippen LogP contribution in [0.3, 0.4) is 0 Å². The summed E-state index contributed by atoms with van der Waals surface area (Å²) in [5, 5.41) is 0. The zero-order chi connectivity index (χ0) is 9.19. The minimum absolute atomic E-state index is 0.0348. The number of rotatable bonds is 2. The summed E-state index contributed by atoms with van der Waals surface area (Å²) >= 11 is 5.84. The van der Waals surface area contributed by atoms with Gasteiger partial charge in [0.2, 0.25) is 0 Å². The zero-order valence-electron chi connectivity index (χ0n) is 7.47. The molecule has 1 aromatic carbocycles. The Morgan fingerprint density at radius 1 is 1.33 bits per heavy atom. The maximum absolute atomic E-state index is 5.84. The molecule has 0 aliphatic rings.